The van der Waals surface area contributed by atoms with Crippen molar-refractivity contribution in [3.8, 4) is 0 Å². The third-order valence-electron chi connectivity index (χ3n) is 7.69. The smallest absolute Gasteiger partial charge is 0.228 e. The number of aromatic nitrogens is 2. The monoisotopic (exact) mass is 460 g/mol. The molecule has 5 rings (SSSR count). The Balaban J connectivity index is 1.16. The number of fused-ring (bicyclic) bond motifs is 1. The van der Waals surface area contributed by atoms with Gasteiger partial charge in [0.1, 0.15) is 0 Å². The lowest BCUT2D eigenvalue weighted by Crippen LogP contribution is -2.50. The number of hydrogen-bond acceptors (Lipinski definition) is 4. The van der Waals surface area contributed by atoms with Crippen LogP contribution in [0.15, 0.2) is 54.7 Å². The quantitative estimate of drug-likeness (QED) is 0.606. The van der Waals surface area contributed by atoms with E-state index in [1.54, 1.807) is 0 Å². The van der Waals surface area contributed by atoms with Gasteiger partial charge in [0.05, 0.1) is 24.9 Å². The maximum Gasteiger partial charge on any atom is 0.228 e. The molecule has 2 aliphatic heterocycles. The minimum absolute atomic E-state index is 0.270. The first-order valence-corrected chi connectivity index (χ1v) is 12.6. The van der Waals surface area contributed by atoms with E-state index in [9.17, 15) is 4.79 Å². The first-order chi connectivity index (χ1) is 16.6. The van der Waals surface area contributed by atoms with Crippen molar-refractivity contribution >= 4 is 16.8 Å². The standard InChI is InChI=1S/C28H36N4O2/c1-28(10-13-31(14-11-28)12-9-22-5-3-2-4-6-22)27(33)32-15-16-34-21-24(20-32)17-23-7-8-26-25(18-23)19-29-30-26/h2-8,18-19,24H,9-17,20-21H2,1H3,(H,29,30)/t24-/m1/s1. The van der Waals surface area contributed by atoms with E-state index in [1.807, 2.05) is 6.20 Å². The van der Waals surface area contributed by atoms with Crippen LogP contribution >= 0.6 is 0 Å². The van der Waals surface area contributed by atoms with Gasteiger partial charge in [-0.2, -0.15) is 5.10 Å². The van der Waals surface area contributed by atoms with Crippen molar-refractivity contribution in [3.05, 3.63) is 65.9 Å². The molecule has 0 aliphatic carbocycles. The number of H-pyrrole nitrogens is 1. The van der Waals surface area contributed by atoms with Crippen LogP contribution in [0.3, 0.4) is 0 Å². The highest BCUT2D eigenvalue weighted by atomic mass is 16.5. The first kappa shape index (κ1) is 23.1. The molecule has 0 radical (unpaired) electrons. The molecule has 1 N–H and O–H groups in total. The number of carbonyl (C=O) groups is 1. The van der Waals surface area contributed by atoms with Crippen molar-refractivity contribution in [1.29, 1.82) is 0 Å². The summed E-state index contributed by atoms with van der Waals surface area (Å²) in [5.41, 5.74) is 3.44. The Hall–Kier alpha value is -2.70. The van der Waals surface area contributed by atoms with Crippen LogP contribution in [0.5, 0.6) is 0 Å². The molecular weight excluding hydrogens is 424 g/mol. The predicted molar refractivity (Wildman–Crippen MR) is 135 cm³/mol. The lowest BCUT2D eigenvalue weighted by Gasteiger charge is -2.41. The average Bonchev–Trinajstić information content (AvgIpc) is 3.21. The fourth-order valence-electron chi connectivity index (χ4n) is 5.44. The molecule has 2 aliphatic rings. The average molecular weight is 461 g/mol. The van der Waals surface area contributed by atoms with E-state index in [0.717, 1.165) is 62.8 Å². The van der Waals surface area contributed by atoms with Crippen LogP contribution in [-0.4, -0.2) is 71.8 Å². The largest absolute Gasteiger partial charge is 0.379 e. The number of hydrogen-bond donors (Lipinski definition) is 1. The van der Waals surface area contributed by atoms with Gasteiger partial charge in [0.2, 0.25) is 5.91 Å². The van der Waals surface area contributed by atoms with Crippen molar-refractivity contribution in [3.63, 3.8) is 0 Å². The molecule has 0 saturated carbocycles. The summed E-state index contributed by atoms with van der Waals surface area (Å²) in [7, 11) is 0. The van der Waals surface area contributed by atoms with Gasteiger partial charge in [0.25, 0.3) is 0 Å². The topological polar surface area (TPSA) is 61.5 Å². The summed E-state index contributed by atoms with van der Waals surface area (Å²) in [6.07, 6.45) is 5.71. The SMILES string of the molecule is CC1(C(=O)N2CCOC[C@H](Cc3ccc4[nH]ncc4c3)C2)CCN(CCc2ccccc2)CC1. The molecule has 2 saturated heterocycles. The van der Waals surface area contributed by atoms with Crippen LogP contribution < -0.4 is 0 Å². The molecule has 6 heteroatoms. The Labute approximate surface area is 202 Å². The zero-order valence-electron chi connectivity index (χ0n) is 20.2. The van der Waals surface area contributed by atoms with Crippen LogP contribution in [0.2, 0.25) is 0 Å². The highest BCUT2D eigenvalue weighted by Crippen LogP contribution is 2.34. The fourth-order valence-corrected chi connectivity index (χ4v) is 5.44. The predicted octanol–water partition coefficient (Wildman–Crippen LogP) is 3.93. The second-order valence-electron chi connectivity index (χ2n) is 10.3. The number of aromatic amines is 1. The molecule has 34 heavy (non-hydrogen) atoms. The van der Waals surface area contributed by atoms with Gasteiger partial charge in [-0.3, -0.25) is 9.89 Å². The summed E-state index contributed by atoms with van der Waals surface area (Å²) < 4.78 is 5.92. The molecule has 3 heterocycles. The zero-order valence-corrected chi connectivity index (χ0v) is 20.2. The molecule has 6 nitrogen and oxygen atoms in total. The molecule has 180 valence electrons. The van der Waals surface area contributed by atoms with E-state index >= 15 is 0 Å². The summed E-state index contributed by atoms with van der Waals surface area (Å²) in [5, 5.41) is 8.27. The van der Waals surface area contributed by atoms with Gasteiger partial charge in [0, 0.05) is 36.4 Å². The van der Waals surface area contributed by atoms with Gasteiger partial charge in [-0.25, -0.2) is 0 Å². The van der Waals surface area contributed by atoms with Crippen molar-refractivity contribution in [2.45, 2.75) is 32.6 Å². The molecule has 1 aromatic heterocycles. The lowest BCUT2D eigenvalue weighted by atomic mass is 9.78. The summed E-state index contributed by atoms with van der Waals surface area (Å²) in [6, 6.07) is 17.1. The number of amides is 1. The second-order valence-corrected chi connectivity index (χ2v) is 10.3. The molecular formula is C28H36N4O2. The van der Waals surface area contributed by atoms with Gasteiger partial charge in [-0.05, 0) is 62.0 Å². The maximum atomic E-state index is 13.7. The van der Waals surface area contributed by atoms with Crippen molar-refractivity contribution in [2.24, 2.45) is 11.3 Å². The van der Waals surface area contributed by atoms with Crippen LogP contribution in [0.4, 0.5) is 0 Å². The van der Waals surface area contributed by atoms with Gasteiger partial charge < -0.3 is 14.5 Å². The van der Waals surface area contributed by atoms with E-state index < -0.39 is 0 Å². The van der Waals surface area contributed by atoms with Gasteiger partial charge in [-0.15, -0.1) is 0 Å². The summed E-state index contributed by atoms with van der Waals surface area (Å²) in [6.45, 7) is 8.03. The molecule has 0 spiro atoms. The normalized spacial score (nSPS) is 21.4. The van der Waals surface area contributed by atoms with Crippen molar-refractivity contribution in [2.75, 3.05) is 45.9 Å². The third-order valence-corrected chi connectivity index (χ3v) is 7.69. The molecule has 1 amide bonds. The Morgan fingerprint density at radius 3 is 2.76 bits per heavy atom. The summed E-state index contributed by atoms with van der Waals surface area (Å²) in [5.74, 6) is 0.626. The number of rotatable bonds is 6. The van der Waals surface area contributed by atoms with Gasteiger partial charge >= 0.3 is 0 Å². The van der Waals surface area contributed by atoms with Crippen LogP contribution in [0, 0.1) is 11.3 Å². The molecule has 1 atom stereocenters. The maximum absolute atomic E-state index is 13.7. The van der Waals surface area contributed by atoms with Gasteiger partial charge in [0.15, 0.2) is 0 Å². The number of likely N-dealkylation sites (tertiary alicyclic amines) is 1. The molecule has 2 aromatic carbocycles. The lowest BCUT2D eigenvalue weighted by molar-refractivity contribution is -0.144. The highest BCUT2D eigenvalue weighted by molar-refractivity contribution is 5.82. The third kappa shape index (κ3) is 5.34. The van der Waals surface area contributed by atoms with Crippen molar-refractivity contribution < 1.29 is 9.53 Å². The number of nitrogens with zero attached hydrogens (tertiary/aromatic N) is 3. The van der Waals surface area contributed by atoms with Crippen molar-refractivity contribution in [1.82, 2.24) is 20.0 Å². The number of benzene rings is 2. The Kier molecular flexibility index (Phi) is 6.97. The summed E-state index contributed by atoms with van der Waals surface area (Å²) >= 11 is 0. The van der Waals surface area contributed by atoms with Crippen LogP contribution in [0.1, 0.15) is 30.9 Å². The van der Waals surface area contributed by atoms with E-state index in [1.165, 1.54) is 11.1 Å². The highest BCUT2D eigenvalue weighted by Gasteiger charge is 2.40. The summed E-state index contributed by atoms with van der Waals surface area (Å²) in [4.78, 5) is 18.3. The minimum Gasteiger partial charge on any atom is -0.379 e. The Morgan fingerprint density at radius 1 is 1.12 bits per heavy atom. The number of nitrogens with one attached hydrogen (secondary N) is 1. The van der Waals surface area contributed by atoms with Gasteiger partial charge in [-0.1, -0.05) is 43.3 Å². The zero-order chi connectivity index (χ0) is 23.4. The van der Waals surface area contributed by atoms with E-state index in [4.69, 9.17) is 4.74 Å². The number of ether oxygens (including phenoxy) is 1. The molecule has 0 unspecified atom stereocenters. The second kappa shape index (κ2) is 10.3. The van der Waals surface area contributed by atoms with E-state index in [0.29, 0.717) is 31.6 Å². The number of carbonyl (C=O) groups excluding carboxylic acids is 1. The fraction of sp³-hybridized carbons (Fsp3) is 0.500. The minimum atomic E-state index is -0.270. The molecule has 2 fully saturated rings. The molecule has 3 aromatic rings. The van der Waals surface area contributed by atoms with Crippen LogP contribution in [0.25, 0.3) is 10.9 Å². The van der Waals surface area contributed by atoms with E-state index in [-0.39, 0.29) is 5.41 Å². The van der Waals surface area contributed by atoms with E-state index in [2.05, 4.69) is 75.5 Å². The Bertz CT molecular complexity index is 1090. The first-order valence-electron chi connectivity index (χ1n) is 12.6. The number of piperidine rings is 1. The Morgan fingerprint density at radius 2 is 1.94 bits per heavy atom. The molecule has 0 bridgehead atoms. The van der Waals surface area contributed by atoms with Crippen LogP contribution in [-0.2, 0) is 22.4 Å².